The summed E-state index contributed by atoms with van der Waals surface area (Å²) in [4.78, 5) is 25.3. The molecule has 0 radical (unpaired) electrons. The molecule has 120 valence electrons. The van der Waals surface area contributed by atoms with Crippen molar-refractivity contribution in [3.63, 3.8) is 0 Å². The predicted molar refractivity (Wildman–Crippen MR) is 87.0 cm³/mol. The van der Waals surface area contributed by atoms with Gasteiger partial charge in [0.25, 0.3) is 5.91 Å². The molecule has 0 bridgehead atoms. The van der Waals surface area contributed by atoms with Gasteiger partial charge < -0.3 is 10.0 Å². The smallest absolute Gasteiger partial charge is 0.293 e. The van der Waals surface area contributed by atoms with Gasteiger partial charge in [-0.05, 0) is 31.7 Å². The van der Waals surface area contributed by atoms with Crippen LogP contribution < -0.4 is 0 Å². The summed E-state index contributed by atoms with van der Waals surface area (Å²) in [5.41, 5.74) is 2.03. The van der Waals surface area contributed by atoms with Crippen LogP contribution in [0.3, 0.4) is 0 Å². The molecule has 0 unspecified atom stereocenters. The second-order valence-corrected chi connectivity index (χ2v) is 6.90. The van der Waals surface area contributed by atoms with E-state index in [4.69, 9.17) is 5.11 Å². The van der Waals surface area contributed by atoms with E-state index in [1.54, 1.807) is 22.9 Å². The highest BCUT2D eigenvalue weighted by atomic mass is 32.1. The van der Waals surface area contributed by atoms with Gasteiger partial charge in [0.2, 0.25) is 5.82 Å². The first-order valence-electron chi connectivity index (χ1n) is 7.64. The van der Waals surface area contributed by atoms with Gasteiger partial charge in [-0.1, -0.05) is 0 Å². The Balaban J connectivity index is 1.92. The van der Waals surface area contributed by atoms with Crippen molar-refractivity contribution in [2.24, 2.45) is 0 Å². The first-order chi connectivity index (χ1) is 11.1. The molecule has 0 atom stereocenters. The van der Waals surface area contributed by atoms with E-state index in [1.165, 1.54) is 15.3 Å². The lowest BCUT2D eigenvalue weighted by atomic mass is 10.2. The zero-order chi connectivity index (χ0) is 16.1. The number of likely N-dealkylation sites (N-methyl/N-ethyl adjacent to an activating group) is 1. The van der Waals surface area contributed by atoms with E-state index in [2.05, 4.69) is 15.1 Å². The SMILES string of the molecule is Cc1nc2sc3c(c2c2nc(C(=O)N(C)CCO)nn12)CCC3. The molecule has 0 saturated carbocycles. The fourth-order valence-corrected chi connectivity index (χ4v) is 4.41. The molecule has 23 heavy (non-hydrogen) atoms. The van der Waals surface area contributed by atoms with E-state index in [1.807, 2.05) is 6.92 Å². The molecule has 3 heterocycles. The Morgan fingerprint density at radius 1 is 1.39 bits per heavy atom. The number of aliphatic hydroxyl groups excluding tert-OH is 1. The topological polar surface area (TPSA) is 83.6 Å². The predicted octanol–water partition coefficient (Wildman–Crippen LogP) is 1.20. The van der Waals surface area contributed by atoms with Crippen molar-refractivity contribution >= 4 is 33.1 Å². The summed E-state index contributed by atoms with van der Waals surface area (Å²) < 4.78 is 1.66. The lowest BCUT2D eigenvalue weighted by Gasteiger charge is -2.12. The van der Waals surface area contributed by atoms with E-state index >= 15 is 0 Å². The number of nitrogens with zero attached hydrogens (tertiary/aromatic N) is 5. The van der Waals surface area contributed by atoms with Crippen molar-refractivity contribution in [2.75, 3.05) is 20.2 Å². The number of aromatic nitrogens is 4. The summed E-state index contributed by atoms with van der Waals surface area (Å²) in [6.45, 7) is 2.05. The van der Waals surface area contributed by atoms with Crippen molar-refractivity contribution in [3.05, 3.63) is 22.1 Å². The first-order valence-corrected chi connectivity index (χ1v) is 8.45. The molecule has 1 aliphatic carbocycles. The van der Waals surface area contributed by atoms with Gasteiger partial charge in [-0.3, -0.25) is 4.79 Å². The molecule has 3 aromatic heterocycles. The molecule has 3 aromatic rings. The quantitative estimate of drug-likeness (QED) is 0.780. The molecule has 0 fully saturated rings. The highest BCUT2D eigenvalue weighted by molar-refractivity contribution is 7.19. The van der Waals surface area contributed by atoms with E-state index < -0.39 is 0 Å². The fourth-order valence-electron chi connectivity index (χ4n) is 3.11. The van der Waals surface area contributed by atoms with Crippen LogP contribution in [0.2, 0.25) is 0 Å². The minimum atomic E-state index is -0.290. The Morgan fingerprint density at radius 3 is 3.00 bits per heavy atom. The number of hydrogen-bond donors (Lipinski definition) is 1. The van der Waals surface area contributed by atoms with Gasteiger partial charge >= 0.3 is 0 Å². The Bertz CT molecular complexity index is 929. The normalized spacial score (nSPS) is 13.9. The summed E-state index contributed by atoms with van der Waals surface area (Å²) in [6, 6.07) is 0. The van der Waals surface area contributed by atoms with Crippen LogP contribution in [0, 0.1) is 6.92 Å². The zero-order valence-electron chi connectivity index (χ0n) is 13.0. The molecule has 7 nitrogen and oxygen atoms in total. The highest BCUT2D eigenvalue weighted by Gasteiger charge is 2.25. The van der Waals surface area contributed by atoms with Crippen LogP contribution in [-0.4, -0.2) is 55.7 Å². The van der Waals surface area contributed by atoms with Gasteiger partial charge in [0.1, 0.15) is 10.7 Å². The summed E-state index contributed by atoms with van der Waals surface area (Å²) in [5.74, 6) is 0.585. The molecule has 8 heteroatoms. The minimum absolute atomic E-state index is 0.0848. The van der Waals surface area contributed by atoms with Gasteiger partial charge in [-0.25, -0.2) is 9.97 Å². The van der Waals surface area contributed by atoms with E-state index in [0.29, 0.717) is 5.65 Å². The average Bonchev–Trinajstić information content (AvgIpc) is 3.19. The molecule has 0 saturated heterocycles. The maximum Gasteiger partial charge on any atom is 0.293 e. The number of hydrogen-bond acceptors (Lipinski definition) is 6. The number of amides is 1. The number of carbonyl (C=O) groups excluding carboxylic acids is 1. The van der Waals surface area contributed by atoms with Crippen LogP contribution >= 0.6 is 11.3 Å². The monoisotopic (exact) mass is 331 g/mol. The summed E-state index contributed by atoms with van der Waals surface area (Å²) in [5, 5.41) is 14.4. The Hall–Kier alpha value is -2.06. The van der Waals surface area contributed by atoms with E-state index in [0.717, 1.165) is 35.3 Å². The maximum absolute atomic E-state index is 12.4. The summed E-state index contributed by atoms with van der Waals surface area (Å²) in [7, 11) is 1.63. The molecule has 4 rings (SSSR count). The molecule has 0 aliphatic heterocycles. The van der Waals surface area contributed by atoms with Gasteiger partial charge in [0.05, 0.1) is 12.0 Å². The Kier molecular flexibility index (Phi) is 3.31. The van der Waals surface area contributed by atoms with Crippen LogP contribution in [0.5, 0.6) is 0 Å². The third-order valence-electron chi connectivity index (χ3n) is 4.28. The van der Waals surface area contributed by atoms with Gasteiger partial charge in [-0.2, -0.15) is 4.52 Å². The van der Waals surface area contributed by atoms with Crippen LogP contribution in [-0.2, 0) is 12.8 Å². The Morgan fingerprint density at radius 2 is 2.22 bits per heavy atom. The summed E-state index contributed by atoms with van der Waals surface area (Å²) >= 11 is 1.73. The second kappa shape index (κ2) is 5.24. The van der Waals surface area contributed by atoms with Crippen molar-refractivity contribution in [1.29, 1.82) is 0 Å². The van der Waals surface area contributed by atoms with Crippen LogP contribution in [0.25, 0.3) is 15.9 Å². The number of thiophene rings is 1. The van der Waals surface area contributed by atoms with Crippen LogP contribution in [0.4, 0.5) is 0 Å². The maximum atomic E-state index is 12.4. The number of rotatable bonds is 3. The Labute approximate surface area is 136 Å². The number of aliphatic hydroxyl groups is 1. The molecule has 1 aliphatic rings. The van der Waals surface area contributed by atoms with Crippen LogP contribution in [0.15, 0.2) is 0 Å². The molecular formula is C15H17N5O2S. The highest BCUT2D eigenvalue weighted by Crippen LogP contribution is 2.38. The molecule has 1 amide bonds. The van der Waals surface area contributed by atoms with Crippen molar-refractivity contribution in [1.82, 2.24) is 24.5 Å². The molecule has 1 N–H and O–H groups in total. The third kappa shape index (κ3) is 2.13. The number of fused-ring (bicyclic) bond motifs is 5. The number of aryl methyl sites for hydroxylation is 3. The van der Waals surface area contributed by atoms with Crippen LogP contribution in [0.1, 0.15) is 33.3 Å². The molecule has 0 spiro atoms. The lowest BCUT2D eigenvalue weighted by molar-refractivity contribution is 0.0755. The minimum Gasteiger partial charge on any atom is -0.395 e. The zero-order valence-corrected chi connectivity index (χ0v) is 13.9. The van der Waals surface area contributed by atoms with Crippen molar-refractivity contribution in [3.8, 4) is 0 Å². The van der Waals surface area contributed by atoms with E-state index in [9.17, 15) is 4.79 Å². The molecule has 0 aromatic carbocycles. The largest absolute Gasteiger partial charge is 0.395 e. The summed E-state index contributed by atoms with van der Waals surface area (Å²) in [6.07, 6.45) is 3.30. The second-order valence-electron chi connectivity index (χ2n) is 5.82. The standard InChI is InChI=1S/C15H17N5O2S/c1-8-16-14-11(9-4-3-5-10(9)23-14)13-17-12(18-20(8)13)15(22)19(2)6-7-21/h21H,3-7H2,1-2H3. The lowest BCUT2D eigenvalue weighted by Crippen LogP contribution is -2.30. The van der Waals surface area contributed by atoms with Gasteiger partial charge in [-0.15, -0.1) is 16.4 Å². The molecular weight excluding hydrogens is 314 g/mol. The van der Waals surface area contributed by atoms with Crippen molar-refractivity contribution < 1.29 is 9.90 Å². The van der Waals surface area contributed by atoms with Gasteiger partial charge in [0, 0.05) is 18.5 Å². The third-order valence-corrected chi connectivity index (χ3v) is 5.46. The van der Waals surface area contributed by atoms with Gasteiger partial charge in [0.15, 0.2) is 5.65 Å². The average molecular weight is 331 g/mol. The first kappa shape index (κ1) is 14.5. The number of carbonyl (C=O) groups is 1. The van der Waals surface area contributed by atoms with Crippen molar-refractivity contribution in [2.45, 2.75) is 26.2 Å². The van der Waals surface area contributed by atoms with E-state index in [-0.39, 0.29) is 24.9 Å². The fraction of sp³-hybridized carbons (Fsp3) is 0.467.